The highest BCUT2D eigenvalue weighted by Gasteiger charge is 2.04. The molecule has 1 aromatic heterocycles. The third-order valence-electron chi connectivity index (χ3n) is 2.37. The van der Waals surface area contributed by atoms with Gasteiger partial charge in [0.15, 0.2) is 5.43 Å². The van der Waals surface area contributed by atoms with Crippen molar-refractivity contribution >= 4 is 35.0 Å². The van der Waals surface area contributed by atoms with Crippen molar-refractivity contribution in [3.05, 3.63) is 40.2 Å². The molecule has 2 rings (SSSR count). The SMILES string of the molecule is Cc1cc(=O)c2ccc(OCCCCl)cc2o1.Cl. The molecule has 3 nitrogen and oxygen atoms in total. The molecule has 0 N–H and O–H groups in total. The van der Waals surface area contributed by atoms with E-state index in [4.69, 9.17) is 20.8 Å². The fourth-order valence-corrected chi connectivity index (χ4v) is 1.70. The zero-order chi connectivity index (χ0) is 12.3. The quantitative estimate of drug-likeness (QED) is 0.638. The standard InChI is InChI=1S/C13H13ClO3.ClH/c1-9-7-12(15)11-4-3-10(8-13(11)17-9)16-6-2-5-14;/h3-4,7-8H,2,5-6H2,1H3;1H. The summed E-state index contributed by atoms with van der Waals surface area (Å²) in [6.45, 7) is 2.31. The van der Waals surface area contributed by atoms with Crippen molar-refractivity contribution in [3.8, 4) is 5.75 Å². The van der Waals surface area contributed by atoms with Gasteiger partial charge in [0.05, 0.1) is 12.0 Å². The molecule has 0 aliphatic rings. The second-order valence-corrected chi connectivity index (χ2v) is 4.15. The van der Waals surface area contributed by atoms with Gasteiger partial charge in [-0.3, -0.25) is 4.79 Å². The first kappa shape index (κ1) is 14.9. The average Bonchev–Trinajstić information content (AvgIpc) is 2.28. The van der Waals surface area contributed by atoms with E-state index < -0.39 is 0 Å². The Morgan fingerprint density at radius 2 is 2.11 bits per heavy atom. The predicted molar refractivity (Wildman–Crippen MR) is 75.3 cm³/mol. The van der Waals surface area contributed by atoms with Crippen molar-refractivity contribution in [3.63, 3.8) is 0 Å². The number of halogens is 2. The van der Waals surface area contributed by atoms with E-state index in [9.17, 15) is 4.79 Å². The summed E-state index contributed by atoms with van der Waals surface area (Å²) in [5.41, 5.74) is 0.523. The monoisotopic (exact) mass is 288 g/mol. The van der Waals surface area contributed by atoms with Crippen LogP contribution in [0.15, 0.2) is 33.5 Å². The van der Waals surface area contributed by atoms with E-state index in [1.54, 1.807) is 25.1 Å². The molecular formula is C13H14Cl2O3. The molecule has 0 fully saturated rings. The summed E-state index contributed by atoms with van der Waals surface area (Å²) in [6.07, 6.45) is 0.789. The highest BCUT2D eigenvalue weighted by molar-refractivity contribution is 6.17. The second kappa shape index (κ2) is 6.66. The first-order chi connectivity index (χ1) is 8.20. The van der Waals surface area contributed by atoms with Gasteiger partial charge in [0.1, 0.15) is 17.1 Å². The number of fused-ring (bicyclic) bond motifs is 1. The molecule has 0 atom stereocenters. The molecule has 0 unspecified atom stereocenters. The van der Waals surface area contributed by atoms with Crippen molar-refractivity contribution in [1.29, 1.82) is 0 Å². The van der Waals surface area contributed by atoms with Gasteiger partial charge in [0, 0.05) is 18.0 Å². The molecular weight excluding hydrogens is 275 g/mol. The van der Waals surface area contributed by atoms with Gasteiger partial charge in [-0.25, -0.2) is 0 Å². The lowest BCUT2D eigenvalue weighted by molar-refractivity contribution is 0.318. The Morgan fingerprint density at radius 3 is 2.83 bits per heavy atom. The molecule has 5 heteroatoms. The van der Waals surface area contributed by atoms with Gasteiger partial charge in [-0.05, 0) is 25.5 Å². The number of ether oxygens (including phenoxy) is 1. The van der Waals surface area contributed by atoms with Gasteiger partial charge in [-0.2, -0.15) is 0 Å². The van der Waals surface area contributed by atoms with Crippen molar-refractivity contribution < 1.29 is 9.15 Å². The van der Waals surface area contributed by atoms with Crippen LogP contribution in [0.3, 0.4) is 0 Å². The molecule has 2 aromatic rings. The number of hydrogen-bond donors (Lipinski definition) is 0. The Balaban J connectivity index is 0.00000162. The van der Waals surface area contributed by atoms with Crippen LogP contribution in [0, 0.1) is 6.92 Å². The van der Waals surface area contributed by atoms with E-state index in [-0.39, 0.29) is 17.8 Å². The lowest BCUT2D eigenvalue weighted by atomic mass is 10.2. The fourth-order valence-electron chi connectivity index (χ4n) is 1.59. The number of rotatable bonds is 4. The lowest BCUT2D eigenvalue weighted by Gasteiger charge is -2.05. The first-order valence-electron chi connectivity index (χ1n) is 5.44. The summed E-state index contributed by atoms with van der Waals surface area (Å²) in [6, 6.07) is 6.70. The molecule has 1 aromatic carbocycles. The summed E-state index contributed by atoms with van der Waals surface area (Å²) >= 11 is 5.56. The molecule has 0 amide bonds. The minimum absolute atomic E-state index is 0. The van der Waals surface area contributed by atoms with Crippen LogP contribution < -0.4 is 10.2 Å². The van der Waals surface area contributed by atoms with Crippen LogP contribution in [0.5, 0.6) is 5.75 Å². The maximum atomic E-state index is 11.7. The smallest absolute Gasteiger partial charge is 0.192 e. The number of aryl methyl sites for hydroxylation is 1. The Labute approximate surface area is 116 Å². The van der Waals surface area contributed by atoms with Crippen molar-refractivity contribution in [1.82, 2.24) is 0 Å². The summed E-state index contributed by atoms with van der Waals surface area (Å²) in [7, 11) is 0. The minimum Gasteiger partial charge on any atom is -0.493 e. The molecule has 98 valence electrons. The third kappa shape index (κ3) is 3.40. The van der Waals surface area contributed by atoms with Crippen LogP contribution in [0.2, 0.25) is 0 Å². The highest BCUT2D eigenvalue weighted by Crippen LogP contribution is 2.19. The van der Waals surface area contributed by atoms with Crippen molar-refractivity contribution in [2.45, 2.75) is 13.3 Å². The van der Waals surface area contributed by atoms with Gasteiger partial charge in [-0.15, -0.1) is 24.0 Å². The van der Waals surface area contributed by atoms with Crippen LogP contribution in [0.4, 0.5) is 0 Å². The number of benzene rings is 1. The summed E-state index contributed by atoms with van der Waals surface area (Å²) in [5.74, 6) is 1.86. The normalized spacial score (nSPS) is 10.1. The zero-order valence-electron chi connectivity index (χ0n) is 9.94. The second-order valence-electron chi connectivity index (χ2n) is 3.77. The fraction of sp³-hybridized carbons (Fsp3) is 0.308. The Hall–Kier alpha value is -1.19. The maximum absolute atomic E-state index is 11.7. The largest absolute Gasteiger partial charge is 0.493 e. The topological polar surface area (TPSA) is 39.4 Å². The Morgan fingerprint density at radius 1 is 1.33 bits per heavy atom. The van der Waals surface area contributed by atoms with Crippen LogP contribution in [0.25, 0.3) is 11.0 Å². The number of hydrogen-bond acceptors (Lipinski definition) is 3. The Bertz CT molecular complexity index is 578. The molecule has 0 saturated carbocycles. The molecule has 18 heavy (non-hydrogen) atoms. The van der Waals surface area contributed by atoms with Gasteiger partial charge in [0.2, 0.25) is 0 Å². The average molecular weight is 289 g/mol. The van der Waals surface area contributed by atoms with E-state index >= 15 is 0 Å². The third-order valence-corrected chi connectivity index (χ3v) is 2.64. The summed E-state index contributed by atoms with van der Waals surface area (Å²) in [5, 5.41) is 0.570. The first-order valence-corrected chi connectivity index (χ1v) is 5.97. The number of alkyl halides is 1. The van der Waals surface area contributed by atoms with Crippen LogP contribution in [0.1, 0.15) is 12.2 Å². The van der Waals surface area contributed by atoms with Crippen molar-refractivity contribution in [2.24, 2.45) is 0 Å². The van der Waals surface area contributed by atoms with Crippen LogP contribution in [-0.4, -0.2) is 12.5 Å². The van der Waals surface area contributed by atoms with Gasteiger partial charge >= 0.3 is 0 Å². The maximum Gasteiger partial charge on any atom is 0.192 e. The molecule has 0 saturated heterocycles. The molecule has 0 aliphatic heterocycles. The van der Waals surface area contributed by atoms with Gasteiger partial charge in [0.25, 0.3) is 0 Å². The highest BCUT2D eigenvalue weighted by atomic mass is 35.5. The van der Waals surface area contributed by atoms with Gasteiger partial charge in [-0.1, -0.05) is 0 Å². The summed E-state index contributed by atoms with van der Waals surface area (Å²) in [4.78, 5) is 11.7. The molecule has 0 radical (unpaired) electrons. The summed E-state index contributed by atoms with van der Waals surface area (Å²) < 4.78 is 11.0. The predicted octanol–water partition coefficient (Wildman–Crippen LogP) is 3.53. The zero-order valence-corrected chi connectivity index (χ0v) is 11.5. The lowest BCUT2D eigenvalue weighted by Crippen LogP contribution is -2.01. The van der Waals surface area contributed by atoms with Gasteiger partial charge < -0.3 is 9.15 Å². The van der Waals surface area contributed by atoms with Crippen LogP contribution in [-0.2, 0) is 0 Å². The minimum atomic E-state index is -0.0314. The Kier molecular flexibility index (Phi) is 5.51. The van der Waals surface area contributed by atoms with E-state index in [0.717, 1.165) is 6.42 Å². The van der Waals surface area contributed by atoms with Crippen molar-refractivity contribution in [2.75, 3.05) is 12.5 Å². The van der Waals surface area contributed by atoms with E-state index in [0.29, 0.717) is 35.0 Å². The molecule has 0 aliphatic carbocycles. The van der Waals surface area contributed by atoms with Crippen LogP contribution >= 0.6 is 24.0 Å². The molecule has 1 heterocycles. The van der Waals surface area contributed by atoms with E-state index in [1.807, 2.05) is 0 Å². The van der Waals surface area contributed by atoms with E-state index in [2.05, 4.69) is 0 Å². The molecule has 0 bridgehead atoms. The van der Waals surface area contributed by atoms with E-state index in [1.165, 1.54) is 6.07 Å². The molecule has 0 spiro atoms.